The highest BCUT2D eigenvalue weighted by molar-refractivity contribution is 5.92. The molecule has 3 rings (SSSR count). The minimum Gasteiger partial charge on any atom is -0.382 e. The zero-order valence-electron chi connectivity index (χ0n) is 9.89. The molecule has 4 N–H and O–H groups in total. The summed E-state index contributed by atoms with van der Waals surface area (Å²) in [5.74, 6) is -0.142. The predicted octanol–water partition coefficient (Wildman–Crippen LogP) is -0.367. The lowest BCUT2D eigenvalue weighted by Crippen LogP contribution is -2.27. The number of hydrogen-bond donors (Lipinski definition) is 2. The van der Waals surface area contributed by atoms with Gasteiger partial charge in [0.25, 0.3) is 0 Å². The molecule has 19 heavy (non-hydrogen) atoms. The standard InChI is InChI=1S/C11H11N7O/c12-9-8-11(15-5-14-9)18(6-16-8)17-3-1-2-7(4-17)10(13)19/h1,3-6H,2H2,(H2,13,19)(H2,12,14,15). The second kappa shape index (κ2) is 4.09. The number of allylic oxidation sites excluding steroid dienone is 1. The van der Waals surface area contributed by atoms with Crippen molar-refractivity contribution < 1.29 is 4.79 Å². The molecular formula is C11H11N7O. The first-order chi connectivity index (χ1) is 9.16. The molecule has 0 spiro atoms. The van der Waals surface area contributed by atoms with Crippen LogP contribution in [-0.4, -0.2) is 25.5 Å². The minimum absolute atomic E-state index is 0.309. The summed E-state index contributed by atoms with van der Waals surface area (Å²) in [6, 6.07) is 0. The van der Waals surface area contributed by atoms with Crippen molar-refractivity contribution in [1.29, 1.82) is 0 Å². The van der Waals surface area contributed by atoms with Gasteiger partial charge in [0.1, 0.15) is 12.7 Å². The number of rotatable bonds is 2. The summed E-state index contributed by atoms with van der Waals surface area (Å²) in [6.45, 7) is 0. The van der Waals surface area contributed by atoms with E-state index in [1.54, 1.807) is 28.4 Å². The summed E-state index contributed by atoms with van der Waals surface area (Å²) < 4.78 is 1.66. The number of carbonyl (C=O) groups excluding carboxylic acids is 1. The smallest absolute Gasteiger partial charge is 0.246 e. The Morgan fingerprint density at radius 2 is 2.16 bits per heavy atom. The molecule has 0 bridgehead atoms. The van der Waals surface area contributed by atoms with Crippen molar-refractivity contribution in [3.63, 3.8) is 0 Å². The summed E-state index contributed by atoms with van der Waals surface area (Å²) in [5, 5.41) is 1.67. The molecule has 1 aliphatic rings. The van der Waals surface area contributed by atoms with Crippen LogP contribution in [-0.2, 0) is 4.79 Å². The Hall–Kier alpha value is -2.90. The Kier molecular flexibility index (Phi) is 2.41. The van der Waals surface area contributed by atoms with Gasteiger partial charge in [-0.3, -0.25) is 9.80 Å². The number of imidazole rings is 1. The van der Waals surface area contributed by atoms with Crippen LogP contribution in [0.4, 0.5) is 5.82 Å². The van der Waals surface area contributed by atoms with Crippen LogP contribution in [0.1, 0.15) is 6.42 Å². The first kappa shape index (κ1) is 11.2. The second-order valence-electron chi connectivity index (χ2n) is 4.01. The first-order valence-corrected chi connectivity index (χ1v) is 5.56. The van der Waals surface area contributed by atoms with Gasteiger partial charge in [-0.1, -0.05) is 6.08 Å². The minimum atomic E-state index is -0.451. The Morgan fingerprint density at radius 1 is 1.32 bits per heavy atom. The Labute approximate surface area is 108 Å². The average Bonchev–Trinajstić information content (AvgIpc) is 2.84. The maximum atomic E-state index is 11.2. The molecule has 0 aromatic carbocycles. The fraction of sp³-hybridized carbons (Fsp3) is 0.0909. The van der Waals surface area contributed by atoms with Gasteiger partial charge in [0, 0.05) is 18.0 Å². The van der Waals surface area contributed by atoms with E-state index in [1.807, 2.05) is 6.08 Å². The highest BCUT2D eigenvalue weighted by Crippen LogP contribution is 2.17. The highest BCUT2D eigenvalue weighted by atomic mass is 16.1. The van der Waals surface area contributed by atoms with Crippen molar-refractivity contribution in [2.45, 2.75) is 6.42 Å². The molecule has 0 saturated carbocycles. The first-order valence-electron chi connectivity index (χ1n) is 5.56. The zero-order valence-corrected chi connectivity index (χ0v) is 9.89. The summed E-state index contributed by atoms with van der Waals surface area (Å²) in [6.07, 6.45) is 8.70. The molecule has 0 aliphatic carbocycles. The van der Waals surface area contributed by atoms with Gasteiger partial charge in [-0.2, -0.15) is 0 Å². The van der Waals surface area contributed by atoms with Crippen LogP contribution in [0, 0.1) is 0 Å². The van der Waals surface area contributed by atoms with Gasteiger partial charge in [-0.05, 0) is 6.42 Å². The number of aromatic nitrogens is 4. The van der Waals surface area contributed by atoms with Crippen LogP contribution in [0.25, 0.3) is 11.2 Å². The van der Waals surface area contributed by atoms with Crippen molar-refractivity contribution in [3.8, 4) is 0 Å². The molecule has 1 aliphatic heterocycles. The highest BCUT2D eigenvalue weighted by Gasteiger charge is 2.15. The van der Waals surface area contributed by atoms with E-state index in [2.05, 4.69) is 15.0 Å². The van der Waals surface area contributed by atoms with E-state index >= 15 is 0 Å². The van der Waals surface area contributed by atoms with Gasteiger partial charge in [-0.15, -0.1) is 0 Å². The number of nitrogens with zero attached hydrogens (tertiary/aromatic N) is 5. The molecule has 8 nitrogen and oxygen atoms in total. The normalized spacial score (nSPS) is 14.7. The van der Waals surface area contributed by atoms with E-state index in [4.69, 9.17) is 11.5 Å². The summed E-state index contributed by atoms with van der Waals surface area (Å²) in [5.41, 5.74) is 12.6. The van der Waals surface area contributed by atoms with Gasteiger partial charge in [0.2, 0.25) is 5.91 Å². The number of hydrogen-bond acceptors (Lipinski definition) is 6. The lowest BCUT2D eigenvalue weighted by molar-refractivity contribution is -0.114. The van der Waals surface area contributed by atoms with E-state index in [9.17, 15) is 4.79 Å². The fourth-order valence-corrected chi connectivity index (χ4v) is 1.85. The monoisotopic (exact) mass is 257 g/mol. The third kappa shape index (κ3) is 1.79. The molecule has 0 saturated heterocycles. The van der Waals surface area contributed by atoms with Crippen LogP contribution >= 0.6 is 0 Å². The molecule has 1 amide bonds. The molecule has 96 valence electrons. The van der Waals surface area contributed by atoms with Gasteiger partial charge in [0.15, 0.2) is 17.0 Å². The average molecular weight is 257 g/mol. The summed E-state index contributed by atoms with van der Waals surface area (Å²) >= 11 is 0. The van der Waals surface area contributed by atoms with Crippen molar-refractivity contribution in [2.75, 3.05) is 10.7 Å². The number of nitrogens with two attached hydrogens (primary N) is 2. The van der Waals surface area contributed by atoms with Crippen LogP contribution in [0.5, 0.6) is 0 Å². The lowest BCUT2D eigenvalue weighted by atomic mass is 10.1. The zero-order chi connectivity index (χ0) is 13.4. The topological polar surface area (TPSA) is 116 Å². The van der Waals surface area contributed by atoms with E-state index in [0.29, 0.717) is 29.0 Å². The van der Waals surface area contributed by atoms with E-state index in [0.717, 1.165) is 0 Å². The Bertz CT molecular complexity index is 715. The molecule has 0 atom stereocenters. The van der Waals surface area contributed by atoms with E-state index in [-0.39, 0.29) is 0 Å². The maximum Gasteiger partial charge on any atom is 0.246 e. The number of amides is 1. The van der Waals surface area contributed by atoms with Gasteiger partial charge in [-0.25, -0.2) is 19.6 Å². The Morgan fingerprint density at radius 3 is 2.95 bits per heavy atom. The number of carbonyl (C=O) groups is 1. The Balaban J connectivity index is 2.10. The molecule has 0 unspecified atom stereocenters. The van der Waals surface area contributed by atoms with Gasteiger partial charge < -0.3 is 11.5 Å². The molecule has 0 radical (unpaired) electrons. The van der Waals surface area contributed by atoms with Crippen LogP contribution in [0.3, 0.4) is 0 Å². The number of primary amides is 1. The summed E-state index contributed by atoms with van der Waals surface area (Å²) in [4.78, 5) is 23.4. The van der Waals surface area contributed by atoms with Crippen molar-refractivity contribution in [1.82, 2.24) is 19.6 Å². The molecule has 2 aromatic heterocycles. The number of fused-ring (bicyclic) bond motifs is 1. The van der Waals surface area contributed by atoms with Crippen molar-refractivity contribution in [3.05, 3.63) is 36.7 Å². The number of nitrogen functional groups attached to an aromatic ring is 1. The van der Waals surface area contributed by atoms with E-state index < -0.39 is 5.91 Å². The van der Waals surface area contributed by atoms with E-state index in [1.165, 1.54) is 6.33 Å². The lowest BCUT2D eigenvalue weighted by Gasteiger charge is -2.21. The molecule has 8 heteroatoms. The van der Waals surface area contributed by atoms with Gasteiger partial charge in [0.05, 0.1) is 0 Å². The molecule has 2 aromatic rings. The SMILES string of the molecule is NC(=O)C1=CN(n2cnc3c(N)ncnc32)C=CC1. The third-order valence-corrected chi connectivity index (χ3v) is 2.79. The maximum absolute atomic E-state index is 11.2. The fourth-order valence-electron chi connectivity index (χ4n) is 1.85. The second-order valence-corrected chi connectivity index (χ2v) is 4.01. The van der Waals surface area contributed by atoms with Crippen LogP contribution < -0.4 is 16.5 Å². The summed E-state index contributed by atoms with van der Waals surface area (Å²) in [7, 11) is 0. The predicted molar refractivity (Wildman–Crippen MR) is 69.0 cm³/mol. The quantitative estimate of drug-likeness (QED) is 0.758. The number of anilines is 1. The van der Waals surface area contributed by atoms with Crippen molar-refractivity contribution >= 4 is 22.9 Å². The van der Waals surface area contributed by atoms with Crippen LogP contribution in [0.2, 0.25) is 0 Å². The van der Waals surface area contributed by atoms with Crippen LogP contribution in [0.15, 0.2) is 36.7 Å². The largest absolute Gasteiger partial charge is 0.382 e. The van der Waals surface area contributed by atoms with Gasteiger partial charge >= 0.3 is 0 Å². The van der Waals surface area contributed by atoms with Crippen molar-refractivity contribution in [2.24, 2.45) is 5.73 Å². The molecule has 3 heterocycles. The molecular weight excluding hydrogens is 246 g/mol. The third-order valence-electron chi connectivity index (χ3n) is 2.79. The molecule has 0 fully saturated rings.